The van der Waals surface area contributed by atoms with Crippen LogP contribution in [-0.2, 0) is 9.31 Å². The third-order valence-corrected chi connectivity index (χ3v) is 3.57. The van der Waals surface area contributed by atoms with Crippen molar-refractivity contribution in [1.82, 2.24) is 4.98 Å². The molecule has 1 aromatic heterocycles. The van der Waals surface area contributed by atoms with Gasteiger partial charge in [-0.3, -0.25) is 4.79 Å². The van der Waals surface area contributed by atoms with E-state index in [1.165, 1.54) is 19.2 Å². The second-order valence-corrected chi connectivity index (χ2v) is 5.43. The van der Waals surface area contributed by atoms with Crippen LogP contribution in [0.1, 0.15) is 27.7 Å². The van der Waals surface area contributed by atoms with E-state index in [1.54, 1.807) is 0 Å². The summed E-state index contributed by atoms with van der Waals surface area (Å²) in [5, 5.41) is 0. The molecule has 0 saturated carbocycles. The van der Waals surface area contributed by atoms with E-state index < -0.39 is 18.3 Å². The zero-order valence-electron chi connectivity index (χ0n) is 11.4. The number of hydrogen-bond acceptors (Lipinski definition) is 4. The highest BCUT2D eigenvalue weighted by atomic mass is 16.7. The second-order valence-electron chi connectivity index (χ2n) is 5.43. The van der Waals surface area contributed by atoms with E-state index in [0.29, 0.717) is 11.5 Å². The van der Waals surface area contributed by atoms with Gasteiger partial charge in [-0.1, -0.05) is 0 Å². The number of pyridine rings is 1. The Labute approximate surface area is 107 Å². The zero-order chi connectivity index (χ0) is 13.6. The van der Waals surface area contributed by atoms with E-state index in [9.17, 15) is 4.79 Å². The fourth-order valence-corrected chi connectivity index (χ4v) is 1.75. The van der Waals surface area contributed by atoms with Gasteiger partial charge in [0.1, 0.15) is 0 Å². The molecule has 18 heavy (non-hydrogen) atoms. The first-order chi connectivity index (χ1) is 8.25. The smallest absolute Gasteiger partial charge is 0.482 e. The van der Waals surface area contributed by atoms with E-state index in [-0.39, 0.29) is 5.43 Å². The van der Waals surface area contributed by atoms with Crippen LogP contribution in [0.3, 0.4) is 0 Å². The van der Waals surface area contributed by atoms with E-state index in [2.05, 4.69) is 4.98 Å². The normalized spacial score (nSPS) is 21.1. The molecule has 0 aromatic carbocycles. The lowest BCUT2D eigenvalue weighted by Crippen LogP contribution is -2.41. The first kappa shape index (κ1) is 13.2. The average molecular weight is 251 g/mol. The summed E-state index contributed by atoms with van der Waals surface area (Å²) in [5.74, 6) is 0.396. The van der Waals surface area contributed by atoms with E-state index in [1.807, 2.05) is 27.7 Å². The molecule has 0 amide bonds. The first-order valence-electron chi connectivity index (χ1n) is 5.89. The summed E-state index contributed by atoms with van der Waals surface area (Å²) >= 11 is 0. The van der Waals surface area contributed by atoms with E-state index >= 15 is 0 Å². The standard InChI is InChI=1S/C12H18BNO4/c1-11(2)12(3,4)18-13(17-11)9-6-8(15)7-10(14-9)16-5/h6-7H,1-5H3,(H,14,15). The lowest BCUT2D eigenvalue weighted by atomic mass is 9.84. The van der Waals surface area contributed by atoms with Gasteiger partial charge in [-0.15, -0.1) is 0 Å². The maximum atomic E-state index is 11.5. The van der Waals surface area contributed by atoms with Crippen LogP contribution in [-0.4, -0.2) is 30.4 Å². The van der Waals surface area contributed by atoms with Gasteiger partial charge in [0.2, 0.25) is 0 Å². The van der Waals surface area contributed by atoms with Gasteiger partial charge in [0.15, 0.2) is 11.3 Å². The fourth-order valence-electron chi connectivity index (χ4n) is 1.75. The second kappa shape index (κ2) is 4.14. The van der Waals surface area contributed by atoms with Gasteiger partial charge in [-0.05, 0) is 27.7 Å². The Bertz CT molecular complexity index is 493. The van der Waals surface area contributed by atoms with Crippen LogP contribution in [0.2, 0.25) is 0 Å². The summed E-state index contributed by atoms with van der Waals surface area (Å²) in [6.45, 7) is 7.85. The van der Waals surface area contributed by atoms with E-state index in [4.69, 9.17) is 14.0 Å². The molecule has 0 spiro atoms. The molecule has 2 rings (SSSR count). The molecule has 1 fully saturated rings. The Hall–Kier alpha value is -1.27. The van der Waals surface area contributed by atoms with Gasteiger partial charge in [-0.25, -0.2) is 0 Å². The van der Waals surface area contributed by atoms with Gasteiger partial charge in [0.25, 0.3) is 0 Å². The van der Waals surface area contributed by atoms with Gasteiger partial charge in [0.05, 0.1) is 23.9 Å². The molecule has 1 N–H and O–H groups in total. The van der Waals surface area contributed by atoms with Crippen LogP contribution < -0.4 is 15.8 Å². The van der Waals surface area contributed by atoms with Crippen molar-refractivity contribution in [1.29, 1.82) is 0 Å². The Morgan fingerprint density at radius 3 is 2.22 bits per heavy atom. The van der Waals surface area contributed by atoms with Crippen molar-refractivity contribution in [2.45, 2.75) is 38.9 Å². The van der Waals surface area contributed by atoms with Crippen LogP contribution in [0.5, 0.6) is 5.88 Å². The van der Waals surface area contributed by atoms with Crippen LogP contribution in [0.4, 0.5) is 0 Å². The lowest BCUT2D eigenvalue weighted by molar-refractivity contribution is 0.00578. The van der Waals surface area contributed by atoms with Crippen LogP contribution in [0, 0.1) is 0 Å². The van der Waals surface area contributed by atoms with Gasteiger partial charge in [-0.2, -0.15) is 0 Å². The molecular weight excluding hydrogens is 233 g/mol. The molecule has 0 atom stereocenters. The molecule has 0 radical (unpaired) electrons. The number of rotatable bonds is 2. The van der Waals surface area contributed by atoms with Crippen molar-refractivity contribution in [2.24, 2.45) is 0 Å². The molecule has 1 aliphatic heterocycles. The van der Waals surface area contributed by atoms with Crippen molar-refractivity contribution >= 4 is 12.7 Å². The number of aromatic amines is 1. The van der Waals surface area contributed by atoms with Crippen LogP contribution in [0.15, 0.2) is 16.9 Å². The van der Waals surface area contributed by atoms with Crippen LogP contribution >= 0.6 is 0 Å². The molecule has 5 nitrogen and oxygen atoms in total. The Kier molecular flexibility index (Phi) is 3.03. The predicted molar refractivity (Wildman–Crippen MR) is 69.3 cm³/mol. The molecular formula is C12H18BNO4. The number of aromatic nitrogens is 1. The van der Waals surface area contributed by atoms with Crippen molar-refractivity contribution in [2.75, 3.05) is 7.11 Å². The topological polar surface area (TPSA) is 60.6 Å². The third kappa shape index (κ3) is 2.18. The summed E-state index contributed by atoms with van der Waals surface area (Å²) in [5.41, 5.74) is -0.441. The average Bonchev–Trinajstić information content (AvgIpc) is 2.47. The Morgan fingerprint density at radius 1 is 1.17 bits per heavy atom. The SMILES string of the molecule is COc1cc(=O)cc(B2OC(C)(C)C(C)(C)O2)[nH]1. The zero-order valence-corrected chi connectivity index (χ0v) is 11.4. The minimum absolute atomic E-state index is 0.143. The van der Waals surface area contributed by atoms with Crippen molar-refractivity contribution in [3.8, 4) is 5.88 Å². The van der Waals surface area contributed by atoms with E-state index in [0.717, 1.165) is 0 Å². The monoisotopic (exact) mass is 251 g/mol. The fraction of sp³-hybridized carbons (Fsp3) is 0.583. The summed E-state index contributed by atoms with van der Waals surface area (Å²) in [7, 11) is 0.914. The summed E-state index contributed by atoms with van der Waals surface area (Å²) in [6.07, 6.45) is 0. The minimum atomic E-state index is -0.585. The number of H-pyrrole nitrogens is 1. The lowest BCUT2D eigenvalue weighted by Gasteiger charge is -2.32. The largest absolute Gasteiger partial charge is 0.512 e. The minimum Gasteiger partial charge on any atom is -0.482 e. The molecule has 0 unspecified atom stereocenters. The molecule has 2 heterocycles. The molecule has 1 aliphatic rings. The molecule has 6 heteroatoms. The van der Waals surface area contributed by atoms with Gasteiger partial charge < -0.3 is 19.0 Å². The Morgan fingerprint density at radius 2 is 1.72 bits per heavy atom. The number of methoxy groups -OCH3 is 1. The third-order valence-electron chi connectivity index (χ3n) is 3.57. The number of hydrogen-bond donors (Lipinski definition) is 1. The maximum absolute atomic E-state index is 11.5. The molecule has 1 saturated heterocycles. The number of ether oxygens (including phenoxy) is 1. The highest BCUT2D eigenvalue weighted by Crippen LogP contribution is 2.36. The summed E-state index contributed by atoms with van der Waals surface area (Å²) < 4.78 is 16.7. The van der Waals surface area contributed by atoms with Crippen molar-refractivity contribution in [3.63, 3.8) is 0 Å². The van der Waals surface area contributed by atoms with Crippen molar-refractivity contribution in [3.05, 3.63) is 22.4 Å². The quantitative estimate of drug-likeness (QED) is 0.785. The van der Waals surface area contributed by atoms with Crippen molar-refractivity contribution < 1.29 is 14.0 Å². The highest BCUT2D eigenvalue weighted by molar-refractivity contribution is 6.61. The maximum Gasteiger partial charge on any atom is 0.512 e. The molecule has 1 aromatic rings. The number of nitrogens with one attached hydrogen (secondary N) is 1. The molecule has 0 aliphatic carbocycles. The molecule has 0 bridgehead atoms. The molecule has 98 valence electrons. The highest BCUT2D eigenvalue weighted by Gasteiger charge is 2.52. The Balaban J connectivity index is 2.35. The first-order valence-corrected chi connectivity index (χ1v) is 5.89. The summed E-state index contributed by atoms with van der Waals surface area (Å²) in [4.78, 5) is 14.5. The van der Waals surface area contributed by atoms with Gasteiger partial charge >= 0.3 is 7.12 Å². The van der Waals surface area contributed by atoms with Crippen LogP contribution in [0.25, 0.3) is 0 Å². The summed E-state index contributed by atoms with van der Waals surface area (Å²) in [6, 6.07) is 2.85. The van der Waals surface area contributed by atoms with Gasteiger partial charge in [0, 0.05) is 12.1 Å². The predicted octanol–water partition coefficient (Wildman–Crippen LogP) is 0.683.